The van der Waals surface area contributed by atoms with Gasteiger partial charge < -0.3 is 19.8 Å². The van der Waals surface area contributed by atoms with Gasteiger partial charge in [0.2, 0.25) is 0 Å². The van der Waals surface area contributed by atoms with Gasteiger partial charge in [-0.15, -0.1) is 0 Å². The first kappa shape index (κ1) is 15.9. The first-order chi connectivity index (χ1) is 2.83. The van der Waals surface area contributed by atoms with Gasteiger partial charge in [-0.3, -0.25) is 0 Å². The van der Waals surface area contributed by atoms with Gasteiger partial charge in [-0.05, 0) is 0 Å². The molecule has 0 fully saturated rings. The van der Waals surface area contributed by atoms with Crippen LogP contribution < -0.4 is 0 Å². The maximum absolute atomic E-state index is 8.24. The zero-order valence-electron chi connectivity index (χ0n) is 3.01. The molecule has 0 aliphatic heterocycles. The maximum Gasteiger partial charge on any atom is 2.00 e. The molecule has 0 rings (SSSR count). The Balaban J connectivity index is -0.0000000400. The fraction of sp³-hybridized carbons (Fsp3) is 0. The summed E-state index contributed by atoms with van der Waals surface area (Å²) in [5.74, 6) is 0. The Kier molecular flexibility index (Phi) is 100. The average Bonchev–Trinajstić information content (AvgIpc) is 1.39. The Morgan fingerprint density at radius 3 is 1.00 bits per heavy atom. The van der Waals surface area contributed by atoms with E-state index in [9.17, 15) is 0 Å². The molecule has 5 heteroatoms. The van der Waals surface area contributed by atoms with Crippen LogP contribution in [-0.2, 0) is 32.0 Å². The molecule has 0 bridgehead atoms. The topological polar surface area (TPSA) is 74.6 Å². The van der Waals surface area contributed by atoms with Crippen LogP contribution in [0.1, 0.15) is 0 Å². The van der Waals surface area contributed by atoms with Crippen molar-refractivity contribution in [2.75, 3.05) is 0 Å². The summed E-state index contributed by atoms with van der Waals surface area (Å²) in [5.41, 5.74) is 0. The molecule has 1 radical (unpaired) electrons. The second-order valence-corrected chi connectivity index (χ2v) is 0.183. The molecule has 0 spiro atoms. The molecule has 0 aromatic rings. The van der Waals surface area contributed by atoms with Crippen LogP contribution in [0.5, 0.6) is 0 Å². The summed E-state index contributed by atoms with van der Waals surface area (Å²) in [7, 11) is 0. The fourth-order valence-corrected chi connectivity index (χ4v) is 0. The molecule has 0 saturated carbocycles. The van der Waals surface area contributed by atoms with E-state index in [0.717, 1.165) is 0 Å². The summed E-state index contributed by atoms with van der Waals surface area (Å²) in [4.78, 5) is 16.5. The molecule has 7 heavy (non-hydrogen) atoms. The molecule has 0 saturated heterocycles. The predicted molar refractivity (Wildman–Crippen MR) is 16.6 cm³/mol. The van der Waals surface area contributed by atoms with Gasteiger partial charge >= 0.3 is 22.4 Å². The van der Waals surface area contributed by atoms with E-state index in [0.29, 0.717) is 12.9 Å². The standard InChI is InChI=1S/2CHO2.Ag/c2*2-1-3;/h2*(H,2,3);/q2*-1;+2. The van der Waals surface area contributed by atoms with Crippen molar-refractivity contribution in [3.63, 3.8) is 0 Å². The van der Waals surface area contributed by atoms with Crippen molar-refractivity contribution in [1.82, 2.24) is 0 Å². The van der Waals surface area contributed by atoms with Gasteiger partial charge in [0.15, 0.2) is 0 Å². The summed E-state index contributed by atoms with van der Waals surface area (Å²) in [6, 6.07) is 0. The smallest absolute Gasteiger partial charge is 0.665 e. The Hall–Kier alpha value is -0.320. The Morgan fingerprint density at radius 2 is 1.00 bits per heavy atom. The summed E-state index contributed by atoms with van der Waals surface area (Å²) in [6.07, 6.45) is 0. The first-order valence-corrected chi connectivity index (χ1v) is 0.855. The summed E-state index contributed by atoms with van der Waals surface area (Å²) < 4.78 is 0. The minimum Gasteiger partial charge on any atom is -0.665 e. The monoisotopic (exact) mass is 197 g/mol. The fourth-order valence-electron chi connectivity index (χ4n) is 0. The van der Waals surface area contributed by atoms with E-state index < -0.39 is 0 Å². The van der Waals surface area contributed by atoms with Crippen molar-refractivity contribution in [3.05, 3.63) is 0 Å². The van der Waals surface area contributed by atoms with Crippen molar-refractivity contribution in [1.29, 1.82) is 0 Å². The van der Waals surface area contributed by atoms with Crippen LogP contribution in [0.2, 0.25) is 0 Å². The largest absolute Gasteiger partial charge is 2.00 e. The number of hydrogen-bond donors (Lipinski definition) is 2. The molecule has 0 unspecified atom stereocenters. The van der Waals surface area contributed by atoms with Gasteiger partial charge in [0.1, 0.15) is 0 Å². The molecule has 0 amide bonds. The second kappa shape index (κ2) is 44.1. The zero-order valence-corrected chi connectivity index (χ0v) is 4.49. The van der Waals surface area contributed by atoms with E-state index in [2.05, 4.69) is 0 Å². The first-order valence-electron chi connectivity index (χ1n) is 0.855. The van der Waals surface area contributed by atoms with E-state index in [4.69, 9.17) is 19.8 Å². The Morgan fingerprint density at radius 1 is 1.00 bits per heavy atom. The molecule has 0 aromatic heterocycles. The number of hydrogen-bond acceptors (Lipinski definition) is 2. The molecule has 0 atom stereocenters. The minimum atomic E-state index is 0. The van der Waals surface area contributed by atoms with Crippen LogP contribution in [0, 0.1) is 0 Å². The third kappa shape index (κ3) is 753. The van der Waals surface area contributed by atoms with Crippen LogP contribution in [0.3, 0.4) is 0 Å². The van der Waals surface area contributed by atoms with Crippen molar-refractivity contribution < 1.29 is 42.2 Å². The average molecular weight is 198 g/mol. The number of rotatable bonds is 0. The van der Waals surface area contributed by atoms with Crippen LogP contribution in [0.15, 0.2) is 0 Å². The van der Waals surface area contributed by atoms with Gasteiger partial charge in [-0.1, -0.05) is 12.9 Å². The van der Waals surface area contributed by atoms with Crippen molar-refractivity contribution in [2.24, 2.45) is 0 Å². The molecular weight excluding hydrogens is 196 g/mol. The SMILES string of the molecule is O=[C-]O.O=[C-]O.[Ag+2]. The quantitative estimate of drug-likeness (QED) is 0.395. The second-order valence-electron chi connectivity index (χ2n) is 0.183. The Labute approximate surface area is 55.7 Å². The molecule has 4 nitrogen and oxygen atoms in total. The molecule has 0 aromatic carbocycles. The van der Waals surface area contributed by atoms with E-state index in [-0.39, 0.29) is 22.4 Å². The van der Waals surface area contributed by atoms with Crippen molar-refractivity contribution >= 4 is 12.9 Å². The molecule has 0 aliphatic rings. The van der Waals surface area contributed by atoms with Gasteiger partial charge in [-0.2, -0.15) is 0 Å². The predicted octanol–water partition coefficient (Wildman–Crippen LogP) is -0.779. The van der Waals surface area contributed by atoms with Crippen molar-refractivity contribution in [3.8, 4) is 0 Å². The normalized spacial score (nSPS) is 3.43. The molecule has 2 N–H and O–H groups in total. The molecular formula is C2H2AgO4. The van der Waals surface area contributed by atoms with Crippen molar-refractivity contribution in [2.45, 2.75) is 0 Å². The van der Waals surface area contributed by atoms with Crippen LogP contribution in [0.25, 0.3) is 0 Å². The molecule has 45 valence electrons. The molecule has 0 heterocycles. The third-order valence-corrected chi connectivity index (χ3v) is 0. The summed E-state index contributed by atoms with van der Waals surface area (Å²) >= 11 is 0. The van der Waals surface area contributed by atoms with Gasteiger partial charge in [0.25, 0.3) is 0 Å². The molecule has 0 aliphatic carbocycles. The van der Waals surface area contributed by atoms with Gasteiger partial charge in [0.05, 0.1) is 0 Å². The van der Waals surface area contributed by atoms with E-state index in [1.54, 1.807) is 0 Å². The van der Waals surface area contributed by atoms with Gasteiger partial charge in [-0.25, -0.2) is 0 Å². The Bertz CT molecular complexity index is 30.7. The van der Waals surface area contributed by atoms with Crippen LogP contribution in [-0.4, -0.2) is 23.2 Å². The summed E-state index contributed by atoms with van der Waals surface area (Å²) in [5, 5.41) is 13.5. The summed E-state index contributed by atoms with van der Waals surface area (Å²) in [6.45, 7) is 1.00. The maximum atomic E-state index is 8.24. The van der Waals surface area contributed by atoms with Gasteiger partial charge in [0, 0.05) is 0 Å². The van der Waals surface area contributed by atoms with E-state index in [1.165, 1.54) is 0 Å². The van der Waals surface area contributed by atoms with Crippen LogP contribution in [0.4, 0.5) is 0 Å². The van der Waals surface area contributed by atoms with E-state index >= 15 is 0 Å². The zero-order chi connectivity index (χ0) is 5.41. The minimum absolute atomic E-state index is 0. The number of aliphatic hydroxyl groups excluding tert-OH is 2. The van der Waals surface area contributed by atoms with Crippen LogP contribution >= 0.6 is 0 Å². The van der Waals surface area contributed by atoms with E-state index in [1.807, 2.05) is 0 Å². The third-order valence-electron chi connectivity index (χ3n) is 0.